The van der Waals surface area contributed by atoms with Gasteiger partial charge >= 0.3 is 0 Å². The summed E-state index contributed by atoms with van der Waals surface area (Å²) >= 11 is 0. The summed E-state index contributed by atoms with van der Waals surface area (Å²) in [5.74, 6) is 0.610. The lowest BCUT2D eigenvalue weighted by Gasteiger charge is -2.23. The molecule has 1 saturated carbocycles. The van der Waals surface area contributed by atoms with Gasteiger partial charge in [-0.15, -0.1) is 0 Å². The molecule has 2 rings (SSSR count). The largest absolute Gasteiger partial charge is 0.392 e. The Hall–Kier alpha value is -1.02. The standard InChI is InChI=1S/C13H19NO/c15-10-13(8-11-6-7-14-9-11)12-4-2-1-3-5-12/h6-9,12,14-15H,1-5,10H2. The van der Waals surface area contributed by atoms with Gasteiger partial charge in [-0.05, 0) is 36.0 Å². The molecule has 2 nitrogen and oxygen atoms in total. The summed E-state index contributed by atoms with van der Waals surface area (Å²) < 4.78 is 0. The molecule has 0 saturated heterocycles. The second-order valence-corrected chi connectivity index (χ2v) is 4.36. The van der Waals surface area contributed by atoms with Crippen molar-refractivity contribution in [1.82, 2.24) is 4.98 Å². The molecular formula is C13H19NO. The molecular weight excluding hydrogens is 186 g/mol. The fraction of sp³-hybridized carbons (Fsp3) is 0.538. The zero-order valence-corrected chi connectivity index (χ0v) is 9.08. The number of hydrogen-bond donors (Lipinski definition) is 2. The van der Waals surface area contributed by atoms with Crippen LogP contribution in [0.5, 0.6) is 0 Å². The summed E-state index contributed by atoms with van der Waals surface area (Å²) in [4.78, 5) is 3.04. The van der Waals surface area contributed by atoms with E-state index in [4.69, 9.17) is 0 Å². The average Bonchev–Trinajstić information content (AvgIpc) is 2.80. The Labute approximate surface area is 91.0 Å². The first-order chi connectivity index (χ1) is 7.40. The quantitative estimate of drug-likeness (QED) is 0.782. The number of aromatic nitrogens is 1. The normalized spacial score (nSPS) is 19.4. The van der Waals surface area contributed by atoms with Gasteiger partial charge in [0.25, 0.3) is 0 Å². The number of H-pyrrole nitrogens is 1. The zero-order valence-electron chi connectivity index (χ0n) is 9.08. The lowest BCUT2D eigenvalue weighted by molar-refractivity contribution is 0.295. The van der Waals surface area contributed by atoms with E-state index in [1.54, 1.807) is 0 Å². The first-order valence-electron chi connectivity index (χ1n) is 5.84. The summed E-state index contributed by atoms with van der Waals surface area (Å²) in [5.41, 5.74) is 2.37. The molecule has 1 fully saturated rings. The highest BCUT2D eigenvalue weighted by atomic mass is 16.3. The first kappa shape index (κ1) is 10.5. The van der Waals surface area contributed by atoms with Crippen LogP contribution in [0.15, 0.2) is 24.0 Å². The van der Waals surface area contributed by atoms with Crippen molar-refractivity contribution in [3.05, 3.63) is 29.6 Å². The Kier molecular flexibility index (Phi) is 3.62. The monoisotopic (exact) mass is 205 g/mol. The Balaban J connectivity index is 2.08. The van der Waals surface area contributed by atoms with Gasteiger partial charge < -0.3 is 10.1 Å². The molecule has 0 aliphatic heterocycles. The molecule has 1 heterocycles. The van der Waals surface area contributed by atoms with Gasteiger partial charge in [0, 0.05) is 12.4 Å². The van der Waals surface area contributed by atoms with Gasteiger partial charge in [0.05, 0.1) is 6.61 Å². The van der Waals surface area contributed by atoms with E-state index in [1.165, 1.54) is 43.2 Å². The highest BCUT2D eigenvalue weighted by Gasteiger charge is 2.16. The molecule has 15 heavy (non-hydrogen) atoms. The van der Waals surface area contributed by atoms with Crippen molar-refractivity contribution in [2.45, 2.75) is 32.1 Å². The Bertz CT molecular complexity index is 307. The van der Waals surface area contributed by atoms with Crippen molar-refractivity contribution in [2.75, 3.05) is 6.61 Å². The van der Waals surface area contributed by atoms with Crippen LogP contribution in [0.4, 0.5) is 0 Å². The Morgan fingerprint density at radius 3 is 2.80 bits per heavy atom. The minimum absolute atomic E-state index is 0.204. The first-order valence-corrected chi connectivity index (χ1v) is 5.84. The summed E-state index contributed by atoms with van der Waals surface area (Å²) in [6, 6.07) is 2.04. The van der Waals surface area contributed by atoms with E-state index in [1.807, 2.05) is 18.5 Å². The molecule has 1 aliphatic carbocycles. The molecule has 0 bridgehead atoms. The topological polar surface area (TPSA) is 36.0 Å². The van der Waals surface area contributed by atoms with Gasteiger partial charge in [-0.3, -0.25) is 0 Å². The van der Waals surface area contributed by atoms with Crippen LogP contribution in [0.3, 0.4) is 0 Å². The second kappa shape index (κ2) is 5.17. The smallest absolute Gasteiger partial charge is 0.0647 e. The molecule has 0 unspecified atom stereocenters. The fourth-order valence-electron chi connectivity index (χ4n) is 2.41. The maximum absolute atomic E-state index is 9.40. The zero-order chi connectivity index (χ0) is 10.5. The summed E-state index contributed by atoms with van der Waals surface area (Å²) in [5, 5.41) is 9.40. The predicted molar refractivity (Wildman–Crippen MR) is 62.4 cm³/mol. The molecule has 1 aromatic heterocycles. The van der Waals surface area contributed by atoms with Crippen LogP contribution in [0.2, 0.25) is 0 Å². The molecule has 1 aromatic rings. The lowest BCUT2D eigenvalue weighted by atomic mass is 9.83. The van der Waals surface area contributed by atoms with E-state index in [-0.39, 0.29) is 6.61 Å². The van der Waals surface area contributed by atoms with Crippen LogP contribution in [0.1, 0.15) is 37.7 Å². The Morgan fingerprint density at radius 1 is 1.40 bits per heavy atom. The number of nitrogens with one attached hydrogen (secondary N) is 1. The van der Waals surface area contributed by atoms with Crippen molar-refractivity contribution in [1.29, 1.82) is 0 Å². The van der Waals surface area contributed by atoms with Crippen LogP contribution in [0, 0.1) is 5.92 Å². The van der Waals surface area contributed by atoms with Crippen LogP contribution >= 0.6 is 0 Å². The number of hydrogen-bond acceptors (Lipinski definition) is 1. The average molecular weight is 205 g/mol. The number of rotatable bonds is 3. The van der Waals surface area contributed by atoms with Gasteiger partial charge in [0.1, 0.15) is 0 Å². The Morgan fingerprint density at radius 2 is 2.20 bits per heavy atom. The molecule has 0 atom stereocenters. The van der Waals surface area contributed by atoms with Gasteiger partial charge in [-0.2, -0.15) is 0 Å². The van der Waals surface area contributed by atoms with Crippen LogP contribution in [-0.2, 0) is 0 Å². The predicted octanol–water partition coefficient (Wildman–Crippen LogP) is 2.97. The van der Waals surface area contributed by atoms with Crippen molar-refractivity contribution in [2.24, 2.45) is 5.92 Å². The third kappa shape index (κ3) is 2.72. The number of aliphatic hydroxyl groups excluding tert-OH is 1. The highest BCUT2D eigenvalue weighted by molar-refractivity contribution is 5.52. The van der Waals surface area contributed by atoms with E-state index in [0.29, 0.717) is 5.92 Å². The second-order valence-electron chi connectivity index (χ2n) is 4.36. The number of aliphatic hydroxyl groups is 1. The molecule has 2 N–H and O–H groups in total. The van der Waals surface area contributed by atoms with Crippen molar-refractivity contribution in [3.8, 4) is 0 Å². The van der Waals surface area contributed by atoms with Crippen LogP contribution < -0.4 is 0 Å². The third-order valence-corrected chi connectivity index (χ3v) is 3.29. The SMILES string of the molecule is OCC(=Cc1cc[nH]c1)C1CCCCC1. The number of aromatic amines is 1. The lowest BCUT2D eigenvalue weighted by Crippen LogP contribution is -2.11. The fourth-order valence-corrected chi connectivity index (χ4v) is 2.41. The van der Waals surface area contributed by atoms with E-state index in [2.05, 4.69) is 11.1 Å². The molecule has 0 aromatic carbocycles. The highest BCUT2D eigenvalue weighted by Crippen LogP contribution is 2.30. The minimum atomic E-state index is 0.204. The van der Waals surface area contributed by atoms with Crippen LogP contribution in [-0.4, -0.2) is 16.7 Å². The molecule has 2 heteroatoms. The molecule has 0 spiro atoms. The van der Waals surface area contributed by atoms with E-state index in [9.17, 15) is 5.11 Å². The summed E-state index contributed by atoms with van der Waals surface area (Å²) in [6.45, 7) is 0.204. The van der Waals surface area contributed by atoms with Crippen LogP contribution in [0.25, 0.3) is 6.08 Å². The maximum atomic E-state index is 9.40. The maximum Gasteiger partial charge on any atom is 0.0647 e. The summed E-state index contributed by atoms with van der Waals surface area (Å²) in [6.07, 6.45) is 12.5. The van der Waals surface area contributed by atoms with Gasteiger partial charge in [-0.25, -0.2) is 0 Å². The molecule has 1 aliphatic rings. The molecule has 0 amide bonds. The van der Waals surface area contributed by atoms with E-state index < -0.39 is 0 Å². The van der Waals surface area contributed by atoms with Gasteiger partial charge in [-0.1, -0.05) is 25.3 Å². The van der Waals surface area contributed by atoms with Gasteiger partial charge in [0.15, 0.2) is 0 Å². The van der Waals surface area contributed by atoms with E-state index >= 15 is 0 Å². The minimum Gasteiger partial charge on any atom is -0.392 e. The molecule has 82 valence electrons. The van der Waals surface area contributed by atoms with Crippen molar-refractivity contribution >= 4 is 6.08 Å². The van der Waals surface area contributed by atoms with Crippen molar-refractivity contribution in [3.63, 3.8) is 0 Å². The van der Waals surface area contributed by atoms with E-state index in [0.717, 1.165) is 0 Å². The third-order valence-electron chi connectivity index (χ3n) is 3.29. The van der Waals surface area contributed by atoms with Crippen molar-refractivity contribution < 1.29 is 5.11 Å². The van der Waals surface area contributed by atoms with Gasteiger partial charge in [0.2, 0.25) is 0 Å². The summed E-state index contributed by atoms with van der Waals surface area (Å²) in [7, 11) is 0. The molecule has 0 radical (unpaired) electrons.